The normalized spacial score (nSPS) is 10.6. The number of nitrogens with one attached hydrogen (secondary N) is 3. The molecule has 3 N–H and O–H groups in total. The molecule has 0 saturated heterocycles. The molecule has 0 saturated carbocycles. The van der Waals surface area contributed by atoms with Gasteiger partial charge in [0, 0.05) is 5.41 Å². The zero-order valence-electron chi connectivity index (χ0n) is 12.2. The third-order valence-corrected chi connectivity index (χ3v) is 2.41. The molecule has 0 bridgehead atoms. The Bertz CT molecular complexity index is 481. The zero-order valence-corrected chi connectivity index (χ0v) is 12.2. The summed E-state index contributed by atoms with van der Waals surface area (Å²) < 4.78 is 5.39. The lowest BCUT2D eigenvalue weighted by Crippen LogP contribution is -2.48. The van der Waals surface area contributed by atoms with E-state index in [4.69, 9.17) is 4.74 Å². The van der Waals surface area contributed by atoms with E-state index in [0.717, 1.165) is 0 Å². The minimum Gasteiger partial charge on any atom is -0.492 e. The largest absolute Gasteiger partial charge is 0.492 e. The van der Waals surface area contributed by atoms with Crippen molar-refractivity contribution in [1.29, 1.82) is 0 Å². The predicted octanol–water partition coefficient (Wildman–Crippen LogP) is 2.28. The second-order valence-electron chi connectivity index (χ2n) is 5.21. The Morgan fingerprint density at radius 3 is 2.40 bits per heavy atom. The summed E-state index contributed by atoms with van der Waals surface area (Å²) in [4.78, 5) is 23.3. The molecule has 3 amide bonds. The molecule has 1 rings (SSSR count). The highest BCUT2D eigenvalue weighted by molar-refractivity contribution is 5.92. The van der Waals surface area contributed by atoms with Crippen LogP contribution in [0.25, 0.3) is 0 Å². The quantitative estimate of drug-likeness (QED) is 0.743. The van der Waals surface area contributed by atoms with Crippen LogP contribution in [0.15, 0.2) is 24.3 Å². The fourth-order valence-electron chi connectivity index (χ4n) is 1.31. The van der Waals surface area contributed by atoms with E-state index in [2.05, 4.69) is 16.2 Å². The summed E-state index contributed by atoms with van der Waals surface area (Å²) >= 11 is 0. The first-order chi connectivity index (χ1) is 9.34. The van der Waals surface area contributed by atoms with Gasteiger partial charge in [0.15, 0.2) is 0 Å². The summed E-state index contributed by atoms with van der Waals surface area (Å²) in [5.74, 6) is 0.304. The number of anilines is 1. The molecule has 20 heavy (non-hydrogen) atoms. The molecule has 0 heterocycles. The Morgan fingerprint density at radius 2 is 1.80 bits per heavy atom. The maximum atomic E-state index is 11.7. The van der Waals surface area contributed by atoms with E-state index in [0.29, 0.717) is 18.0 Å². The number of hydrazine groups is 1. The Labute approximate surface area is 118 Å². The number of amides is 3. The number of ether oxygens (including phenoxy) is 1. The Hall–Kier alpha value is -2.24. The molecule has 0 aliphatic rings. The van der Waals surface area contributed by atoms with Crippen LogP contribution >= 0.6 is 0 Å². The summed E-state index contributed by atoms with van der Waals surface area (Å²) in [5, 5.41) is 2.61. The Morgan fingerprint density at radius 1 is 1.15 bits per heavy atom. The van der Waals surface area contributed by atoms with Gasteiger partial charge in [0.2, 0.25) is 5.91 Å². The van der Waals surface area contributed by atoms with Gasteiger partial charge in [-0.2, -0.15) is 0 Å². The fraction of sp³-hybridized carbons (Fsp3) is 0.429. The molecule has 0 aliphatic heterocycles. The Balaban J connectivity index is 2.57. The van der Waals surface area contributed by atoms with Gasteiger partial charge in [0.25, 0.3) is 0 Å². The highest BCUT2D eigenvalue weighted by Gasteiger charge is 2.21. The van der Waals surface area contributed by atoms with Crippen molar-refractivity contribution in [3.05, 3.63) is 24.3 Å². The minimum atomic E-state index is -0.573. The molecule has 0 fully saturated rings. The first-order valence-corrected chi connectivity index (χ1v) is 6.44. The summed E-state index contributed by atoms with van der Waals surface area (Å²) in [7, 11) is 0. The van der Waals surface area contributed by atoms with Crippen LogP contribution in [0.2, 0.25) is 0 Å². The van der Waals surface area contributed by atoms with E-state index >= 15 is 0 Å². The average molecular weight is 279 g/mol. The molecule has 1 aromatic rings. The monoisotopic (exact) mass is 279 g/mol. The lowest BCUT2D eigenvalue weighted by atomic mass is 9.96. The number of hydrogen-bond acceptors (Lipinski definition) is 3. The van der Waals surface area contributed by atoms with Gasteiger partial charge in [0.1, 0.15) is 5.75 Å². The molecule has 110 valence electrons. The number of rotatable bonds is 3. The van der Waals surface area contributed by atoms with Gasteiger partial charge in [0.05, 0.1) is 12.3 Å². The standard InChI is InChI=1S/C14H21N3O3/c1-5-20-11-9-7-6-8-10(11)15-13(19)17-16-12(18)14(2,3)4/h6-9H,5H2,1-4H3,(H,16,18)(H2,15,17,19). The van der Waals surface area contributed by atoms with Gasteiger partial charge in [-0.25, -0.2) is 10.2 Å². The molecular weight excluding hydrogens is 258 g/mol. The van der Waals surface area contributed by atoms with Crippen molar-refractivity contribution in [3.8, 4) is 5.75 Å². The molecule has 0 radical (unpaired) electrons. The summed E-state index contributed by atoms with van der Waals surface area (Å²) in [5.41, 5.74) is 4.62. The van der Waals surface area contributed by atoms with Crippen LogP contribution in [0.3, 0.4) is 0 Å². The first-order valence-electron chi connectivity index (χ1n) is 6.44. The van der Waals surface area contributed by atoms with Gasteiger partial charge in [-0.1, -0.05) is 32.9 Å². The highest BCUT2D eigenvalue weighted by atomic mass is 16.5. The molecule has 6 nitrogen and oxygen atoms in total. The van der Waals surface area contributed by atoms with Gasteiger partial charge < -0.3 is 10.1 Å². The van der Waals surface area contributed by atoms with Crippen LogP contribution in [0, 0.1) is 5.41 Å². The number of para-hydroxylation sites is 2. The molecule has 6 heteroatoms. The second-order valence-corrected chi connectivity index (χ2v) is 5.21. The number of carbonyl (C=O) groups excluding carboxylic acids is 2. The van der Waals surface area contributed by atoms with E-state index in [1.54, 1.807) is 39.0 Å². The number of carbonyl (C=O) groups is 2. The second kappa shape index (κ2) is 6.79. The van der Waals surface area contributed by atoms with Crippen molar-refractivity contribution in [2.45, 2.75) is 27.7 Å². The molecule has 0 aromatic heterocycles. The number of hydrogen-bond donors (Lipinski definition) is 3. The van der Waals surface area contributed by atoms with Crippen molar-refractivity contribution in [2.24, 2.45) is 5.41 Å². The van der Waals surface area contributed by atoms with Crippen molar-refractivity contribution in [3.63, 3.8) is 0 Å². The van der Waals surface area contributed by atoms with E-state index in [-0.39, 0.29) is 5.91 Å². The van der Waals surface area contributed by atoms with Crippen molar-refractivity contribution < 1.29 is 14.3 Å². The Kier molecular flexibility index (Phi) is 5.37. The van der Waals surface area contributed by atoms with E-state index in [9.17, 15) is 9.59 Å². The maximum Gasteiger partial charge on any atom is 0.338 e. The first kappa shape index (κ1) is 15.8. The molecule has 0 atom stereocenters. The highest BCUT2D eigenvalue weighted by Crippen LogP contribution is 2.23. The maximum absolute atomic E-state index is 11.7. The summed E-state index contributed by atoms with van der Waals surface area (Å²) in [6.45, 7) is 7.63. The molecule has 1 aromatic carbocycles. The van der Waals surface area contributed by atoms with Gasteiger partial charge in [-0.3, -0.25) is 10.2 Å². The number of urea groups is 1. The van der Waals surface area contributed by atoms with Crippen molar-refractivity contribution >= 4 is 17.6 Å². The molecule has 0 spiro atoms. The van der Waals surface area contributed by atoms with Gasteiger partial charge in [-0.15, -0.1) is 0 Å². The third kappa shape index (κ3) is 4.79. The SMILES string of the molecule is CCOc1ccccc1NC(=O)NNC(=O)C(C)(C)C. The lowest BCUT2D eigenvalue weighted by molar-refractivity contribution is -0.129. The van der Waals surface area contributed by atoms with Gasteiger partial charge in [-0.05, 0) is 19.1 Å². The summed E-state index contributed by atoms with van der Waals surface area (Å²) in [6.07, 6.45) is 0. The smallest absolute Gasteiger partial charge is 0.338 e. The topological polar surface area (TPSA) is 79.5 Å². The van der Waals surface area contributed by atoms with Crippen molar-refractivity contribution in [1.82, 2.24) is 10.9 Å². The van der Waals surface area contributed by atoms with Crippen molar-refractivity contribution in [2.75, 3.05) is 11.9 Å². The van der Waals surface area contributed by atoms with Gasteiger partial charge >= 0.3 is 6.03 Å². The van der Waals surface area contributed by atoms with Crippen LogP contribution < -0.4 is 20.9 Å². The number of benzene rings is 1. The average Bonchev–Trinajstić information content (AvgIpc) is 2.37. The lowest BCUT2D eigenvalue weighted by Gasteiger charge is -2.18. The predicted molar refractivity (Wildman–Crippen MR) is 77.4 cm³/mol. The van der Waals surface area contributed by atoms with Crippen LogP contribution in [0.1, 0.15) is 27.7 Å². The molecular formula is C14H21N3O3. The van der Waals surface area contributed by atoms with Crippen LogP contribution in [-0.4, -0.2) is 18.5 Å². The third-order valence-electron chi connectivity index (χ3n) is 2.41. The van der Waals surface area contributed by atoms with E-state index in [1.807, 2.05) is 13.0 Å². The fourth-order valence-corrected chi connectivity index (χ4v) is 1.31. The summed E-state index contributed by atoms with van der Waals surface area (Å²) in [6, 6.07) is 6.54. The van der Waals surface area contributed by atoms with Crippen LogP contribution in [0.5, 0.6) is 5.75 Å². The molecule has 0 aliphatic carbocycles. The minimum absolute atomic E-state index is 0.272. The zero-order chi connectivity index (χ0) is 15.2. The van der Waals surface area contributed by atoms with Crippen LogP contribution in [0.4, 0.5) is 10.5 Å². The van der Waals surface area contributed by atoms with E-state index in [1.165, 1.54) is 0 Å². The van der Waals surface area contributed by atoms with Crippen LogP contribution in [-0.2, 0) is 4.79 Å². The molecule has 0 unspecified atom stereocenters. The van der Waals surface area contributed by atoms with E-state index < -0.39 is 11.4 Å².